The van der Waals surface area contributed by atoms with Crippen LogP contribution in [0.3, 0.4) is 0 Å². The second-order valence-electron chi connectivity index (χ2n) is 3.56. The lowest BCUT2D eigenvalue weighted by Crippen LogP contribution is -2.33. The smallest absolute Gasteiger partial charge is 0.191 e. The van der Waals surface area contributed by atoms with E-state index in [4.69, 9.17) is 11.6 Å². The van der Waals surface area contributed by atoms with E-state index < -0.39 is 0 Å². The Kier molecular flexibility index (Phi) is 3.11. The van der Waals surface area contributed by atoms with Gasteiger partial charge in [0.1, 0.15) is 0 Å². The maximum absolute atomic E-state index is 6.18. The molecule has 2 rings (SSSR count). The Morgan fingerprint density at radius 2 is 2.40 bits per heavy atom. The summed E-state index contributed by atoms with van der Waals surface area (Å²) in [5.41, 5.74) is 2.21. The quantitative estimate of drug-likeness (QED) is 0.801. The molecular formula is C11H14ClN3. The van der Waals surface area contributed by atoms with Gasteiger partial charge in [-0.3, -0.25) is 4.99 Å². The Labute approximate surface area is 94.5 Å². The first kappa shape index (κ1) is 10.3. The van der Waals surface area contributed by atoms with E-state index in [1.165, 1.54) is 0 Å². The molecule has 0 saturated carbocycles. The highest BCUT2D eigenvalue weighted by Gasteiger charge is 2.06. The molecular weight excluding hydrogens is 210 g/mol. The molecule has 0 atom stereocenters. The topological polar surface area (TPSA) is 36.4 Å². The second kappa shape index (κ2) is 4.53. The zero-order valence-corrected chi connectivity index (χ0v) is 9.43. The van der Waals surface area contributed by atoms with Crippen LogP contribution in [0, 0.1) is 6.92 Å². The van der Waals surface area contributed by atoms with Crippen molar-refractivity contribution >= 4 is 17.6 Å². The van der Waals surface area contributed by atoms with Gasteiger partial charge in [0.15, 0.2) is 5.96 Å². The molecule has 1 aliphatic heterocycles. The molecule has 0 saturated heterocycles. The molecule has 1 aromatic rings. The van der Waals surface area contributed by atoms with Crippen LogP contribution in [0.5, 0.6) is 0 Å². The molecule has 1 aliphatic rings. The number of nitrogens with one attached hydrogen (secondary N) is 2. The van der Waals surface area contributed by atoms with E-state index >= 15 is 0 Å². The van der Waals surface area contributed by atoms with Crippen LogP contribution >= 0.6 is 11.6 Å². The van der Waals surface area contributed by atoms with Crippen LogP contribution in [0.25, 0.3) is 0 Å². The molecule has 1 heterocycles. The van der Waals surface area contributed by atoms with Gasteiger partial charge in [0.25, 0.3) is 0 Å². The van der Waals surface area contributed by atoms with Crippen LogP contribution in [-0.2, 0) is 6.54 Å². The first-order valence-electron chi connectivity index (χ1n) is 5.03. The molecule has 0 spiro atoms. The number of halogens is 1. The molecule has 80 valence electrons. The van der Waals surface area contributed by atoms with E-state index in [1.54, 1.807) is 0 Å². The van der Waals surface area contributed by atoms with Crippen molar-refractivity contribution in [1.29, 1.82) is 0 Å². The number of guanidine groups is 1. The highest BCUT2D eigenvalue weighted by molar-refractivity contribution is 6.32. The van der Waals surface area contributed by atoms with Crippen LogP contribution in [0.4, 0.5) is 0 Å². The van der Waals surface area contributed by atoms with Gasteiger partial charge >= 0.3 is 0 Å². The molecule has 4 heteroatoms. The van der Waals surface area contributed by atoms with Gasteiger partial charge in [-0.1, -0.05) is 29.8 Å². The summed E-state index contributed by atoms with van der Waals surface area (Å²) in [6.07, 6.45) is 0. The normalized spacial score (nSPS) is 14.7. The van der Waals surface area contributed by atoms with Crippen LogP contribution in [0.1, 0.15) is 11.1 Å². The maximum atomic E-state index is 6.18. The van der Waals surface area contributed by atoms with Crippen molar-refractivity contribution in [2.45, 2.75) is 13.5 Å². The summed E-state index contributed by atoms with van der Waals surface area (Å²) in [6, 6.07) is 6.05. The lowest BCUT2D eigenvalue weighted by molar-refractivity contribution is 0.866. The number of aliphatic imine (C=N–C) groups is 1. The lowest BCUT2D eigenvalue weighted by Gasteiger charge is -2.09. The van der Waals surface area contributed by atoms with Crippen molar-refractivity contribution in [3.8, 4) is 0 Å². The molecule has 0 aromatic heterocycles. The standard InChI is InChI=1S/C11H14ClN3/c1-8-3-2-4-9(10(8)12)7-15-11-13-5-6-14-11/h2-4H,5-7H2,1H3,(H2,13,14,15). The Balaban J connectivity index is 2.01. The molecule has 1 aromatic carbocycles. The number of hydrogen-bond donors (Lipinski definition) is 2. The first-order valence-corrected chi connectivity index (χ1v) is 5.41. The van der Waals surface area contributed by atoms with Crippen molar-refractivity contribution in [3.63, 3.8) is 0 Å². The predicted molar refractivity (Wildman–Crippen MR) is 63.3 cm³/mol. The zero-order chi connectivity index (χ0) is 10.7. The zero-order valence-electron chi connectivity index (χ0n) is 8.68. The fourth-order valence-corrected chi connectivity index (χ4v) is 1.73. The SMILES string of the molecule is Cc1cccc(CNC2=NCCN2)c1Cl. The molecule has 0 unspecified atom stereocenters. The molecule has 0 bridgehead atoms. The molecule has 15 heavy (non-hydrogen) atoms. The van der Waals surface area contributed by atoms with Crippen molar-refractivity contribution in [1.82, 2.24) is 10.6 Å². The average Bonchev–Trinajstić information content (AvgIpc) is 2.73. The fraction of sp³-hybridized carbons (Fsp3) is 0.364. The van der Waals surface area contributed by atoms with Gasteiger partial charge in [0.2, 0.25) is 0 Å². The largest absolute Gasteiger partial charge is 0.355 e. The Bertz CT molecular complexity index is 387. The van der Waals surface area contributed by atoms with Crippen molar-refractivity contribution in [2.75, 3.05) is 13.1 Å². The van der Waals surface area contributed by atoms with Gasteiger partial charge in [-0.25, -0.2) is 0 Å². The molecule has 2 N–H and O–H groups in total. The molecule has 0 aliphatic carbocycles. The third kappa shape index (κ3) is 2.42. The highest BCUT2D eigenvalue weighted by atomic mass is 35.5. The van der Waals surface area contributed by atoms with Crippen molar-refractivity contribution in [3.05, 3.63) is 34.3 Å². The summed E-state index contributed by atoms with van der Waals surface area (Å²) in [5, 5.41) is 7.21. The van der Waals surface area contributed by atoms with Crippen LogP contribution in [-0.4, -0.2) is 19.0 Å². The Morgan fingerprint density at radius 1 is 1.53 bits per heavy atom. The third-order valence-electron chi connectivity index (χ3n) is 2.39. The lowest BCUT2D eigenvalue weighted by atomic mass is 10.1. The minimum atomic E-state index is 0.715. The number of rotatable bonds is 2. The van der Waals surface area contributed by atoms with Gasteiger partial charge in [-0.15, -0.1) is 0 Å². The second-order valence-corrected chi connectivity index (χ2v) is 3.94. The van der Waals surface area contributed by atoms with E-state index in [0.717, 1.165) is 35.2 Å². The van der Waals surface area contributed by atoms with Crippen LogP contribution in [0.15, 0.2) is 23.2 Å². The van der Waals surface area contributed by atoms with Gasteiger partial charge in [0.05, 0.1) is 6.54 Å². The third-order valence-corrected chi connectivity index (χ3v) is 2.93. The fourth-order valence-electron chi connectivity index (χ4n) is 1.54. The summed E-state index contributed by atoms with van der Waals surface area (Å²) in [7, 11) is 0. The number of nitrogens with zero attached hydrogens (tertiary/aromatic N) is 1. The Hall–Kier alpha value is -1.22. The van der Waals surface area contributed by atoms with Gasteiger partial charge in [0, 0.05) is 18.1 Å². The van der Waals surface area contributed by atoms with Crippen molar-refractivity contribution < 1.29 is 0 Å². The summed E-state index contributed by atoms with van der Waals surface area (Å²) in [5.74, 6) is 0.868. The molecule has 0 amide bonds. The summed E-state index contributed by atoms with van der Waals surface area (Å²) >= 11 is 6.18. The minimum Gasteiger partial charge on any atom is -0.355 e. The highest BCUT2D eigenvalue weighted by Crippen LogP contribution is 2.19. The van der Waals surface area contributed by atoms with Crippen LogP contribution < -0.4 is 10.6 Å². The number of hydrogen-bond acceptors (Lipinski definition) is 3. The predicted octanol–water partition coefficient (Wildman–Crippen LogP) is 1.70. The van der Waals surface area contributed by atoms with E-state index in [9.17, 15) is 0 Å². The Morgan fingerprint density at radius 3 is 3.13 bits per heavy atom. The summed E-state index contributed by atoms with van der Waals surface area (Å²) in [4.78, 5) is 4.25. The monoisotopic (exact) mass is 223 g/mol. The van der Waals surface area contributed by atoms with E-state index in [2.05, 4.69) is 15.6 Å². The summed E-state index contributed by atoms with van der Waals surface area (Å²) < 4.78 is 0. The van der Waals surface area contributed by atoms with Crippen LogP contribution in [0.2, 0.25) is 5.02 Å². The molecule has 0 fully saturated rings. The van der Waals surface area contributed by atoms with E-state index in [0.29, 0.717) is 6.54 Å². The molecule has 3 nitrogen and oxygen atoms in total. The number of benzene rings is 1. The van der Waals surface area contributed by atoms with Gasteiger partial charge in [-0.2, -0.15) is 0 Å². The average molecular weight is 224 g/mol. The number of aryl methyl sites for hydroxylation is 1. The van der Waals surface area contributed by atoms with Gasteiger partial charge < -0.3 is 10.6 Å². The summed E-state index contributed by atoms with van der Waals surface area (Å²) in [6.45, 7) is 4.50. The first-order chi connectivity index (χ1) is 7.27. The molecule has 0 radical (unpaired) electrons. The van der Waals surface area contributed by atoms with E-state index in [-0.39, 0.29) is 0 Å². The van der Waals surface area contributed by atoms with Crippen molar-refractivity contribution in [2.24, 2.45) is 4.99 Å². The van der Waals surface area contributed by atoms with E-state index in [1.807, 2.05) is 25.1 Å². The van der Waals surface area contributed by atoms with Gasteiger partial charge in [-0.05, 0) is 18.1 Å². The maximum Gasteiger partial charge on any atom is 0.191 e. The minimum absolute atomic E-state index is 0.715.